The summed E-state index contributed by atoms with van der Waals surface area (Å²) >= 11 is 0. The predicted octanol–water partition coefficient (Wildman–Crippen LogP) is 1.88. The summed E-state index contributed by atoms with van der Waals surface area (Å²) < 4.78 is 5.32. The highest BCUT2D eigenvalue weighted by Crippen LogP contribution is 2.18. The van der Waals surface area contributed by atoms with Gasteiger partial charge in [0.2, 0.25) is 0 Å². The van der Waals surface area contributed by atoms with E-state index >= 15 is 0 Å². The van der Waals surface area contributed by atoms with Crippen molar-refractivity contribution in [3.05, 3.63) is 35.9 Å². The van der Waals surface area contributed by atoms with E-state index < -0.39 is 0 Å². The van der Waals surface area contributed by atoms with Gasteiger partial charge in [-0.1, -0.05) is 30.3 Å². The number of nitrogens with one attached hydrogen (secondary N) is 1. The molecule has 0 bridgehead atoms. The van der Waals surface area contributed by atoms with Gasteiger partial charge in [0.1, 0.15) is 0 Å². The molecule has 1 aliphatic rings. The first-order valence-electron chi connectivity index (χ1n) is 6.32. The Hall–Kier alpha value is -0.900. The van der Waals surface area contributed by atoms with Gasteiger partial charge in [-0.3, -0.25) is 0 Å². The van der Waals surface area contributed by atoms with E-state index in [1.54, 1.807) is 0 Å². The Morgan fingerprint density at radius 1 is 1.41 bits per heavy atom. The van der Waals surface area contributed by atoms with E-state index in [1.807, 2.05) is 30.3 Å². The van der Waals surface area contributed by atoms with Gasteiger partial charge >= 0.3 is 0 Å². The van der Waals surface area contributed by atoms with Gasteiger partial charge in [-0.2, -0.15) is 0 Å². The number of hydrogen-bond acceptors (Lipinski definition) is 3. The standard InChI is InChI=1S/C14H21NO2/c1-11(15-13-7-8-17-10-13)9-14(16)12-5-3-2-4-6-12/h2-6,11,13-16H,7-10H2,1H3. The third-order valence-electron chi connectivity index (χ3n) is 3.21. The Morgan fingerprint density at radius 3 is 2.82 bits per heavy atom. The number of hydrogen-bond donors (Lipinski definition) is 2. The maximum atomic E-state index is 10.1. The Balaban J connectivity index is 1.79. The molecular weight excluding hydrogens is 214 g/mol. The van der Waals surface area contributed by atoms with E-state index in [-0.39, 0.29) is 6.10 Å². The van der Waals surface area contributed by atoms with Crippen LogP contribution in [-0.2, 0) is 4.74 Å². The normalized spacial score (nSPS) is 23.5. The highest BCUT2D eigenvalue weighted by molar-refractivity contribution is 5.17. The Kier molecular flexibility index (Phi) is 4.54. The van der Waals surface area contributed by atoms with E-state index in [2.05, 4.69) is 12.2 Å². The smallest absolute Gasteiger partial charge is 0.0804 e. The second kappa shape index (κ2) is 6.15. The summed E-state index contributed by atoms with van der Waals surface area (Å²) in [7, 11) is 0. The summed E-state index contributed by atoms with van der Waals surface area (Å²) in [5.74, 6) is 0. The SMILES string of the molecule is CC(CC(O)c1ccccc1)NC1CCOC1. The van der Waals surface area contributed by atoms with Crippen molar-refractivity contribution in [1.82, 2.24) is 5.32 Å². The van der Waals surface area contributed by atoms with Crippen LogP contribution in [0.1, 0.15) is 31.4 Å². The summed E-state index contributed by atoms with van der Waals surface area (Å²) in [6, 6.07) is 10.6. The zero-order valence-corrected chi connectivity index (χ0v) is 10.3. The second-order valence-corrected chi connectivity index (χ2v) is 4.79. The topological polar surface area (TPSA) is 41.5 Å². The van der Waals surface area contributed by atoms with Crippen molar-refractivity contribution in [2.75, 3.05) is 13.2 Å². The second-order valence-electron chi connectivity index (χ2n) is 4.79. The van der Waals surface area contributed by atoms with Crippen molar-refractivity contribution in [3.63, 3.8) is 0 Å². The van der Waals surface area contributed by atoms with Crippen molar-refractivity contribution < 1.29 is 9.84 Å². The molecule has 1 saturated heterocycles. The lowest BCUT2D eigenvalue weighted by atomic mass is 10.0. The van der Waals surface area contributed by atoms with E-state index in [1.165, 1.54) is 0 Å². The zero-order valence-electron chi connectivity index (χ0n) is 10.3. The van der Waals surface area contributed by atoms with Crippen molar-refractivity contribution in [3.8, 4) is 0 Å². The van der Waals surface area contributed by atoms with Gasteiger partial charge in [0.05, 0.1) is 12.7 Å². The molecule has 1 aliphatic heterocycles. The molecule has 1 heterocycles. The summed E-state index contributed by atoms with van der Waals surface area (Å²) in [4.78, 5) is 0. The van der Waals surface area contributed by atoms with Crippen molar-refractivity contribution >= 4 is 0 Å². The molecule has 3 unspecified atom stereocenters. The molecule has 3 atom stereocenters. The van der Waals surface area contributed by atoms with Gasteiger partial charge in [0.25, 0.3) is 0 Å². The van der Waals surface area contributed by atoms with Crippen molar-refractivity contribution in [2.45, 2.75) is 38.0 Å². The van der Waals surface area contributed by atoms with Gasteiger partial charge in [0, 0.05) is 18.7 Å². The van der Waals surface area contributed by atoms with Gasteiger partial charge in [-0.25, -0.2) is 0 Å². The first-order valence-corrected chi connectivity index (χ1v) is 6.32. The fourth-order valence-corrected chi connectivity index (χ4v) is 2.28. The first-order chi connectivity index (χ1) is 8.25. The number of benzene rings is 1. The average molecular weight is 235 g/mol. The van der Waals surface area contributed by atoms with Crippen LogP contribution in [0.25, 0.3) is 0 Å². The van der Waals surface area contributed by atoms with E-state index in [0.29, 0.717) is 12.1 Å². The lowest BCUT2D eigenvalue weighted by molar-refractivity contribution is 0.148. The third-order valence-corrected chi connectivity index (χ3v) is 3.21. The molecule has 94 valence electrons. The van der Waals surface area contributed by atoms with Gasteiger partial charge in [-0.05, 0) is 25.3 Å². The first kappa shape index (κ1) is 12.6. The van der Waals surface area contributed by atoms with Crippen LogP contribution in [-0.4, -0.2) is 30.4 Å². The molecule has 2 N–H and O–H groups in total. The maximum absolute atomic E-state index is 10.1. The molecule has 0 amide bonds. The molecule has 1 aromatic carbocycles. The molecule has 0 aromatic heterocycles. The fourth-order valence-electron chi connectivity index (χ4n) is 2.28. The number of aliphatic hydroxyl groups excluding tert-OH is 1. The molecule has 3 heteroatoms. The summed E-state index contributed by atoms with van der Waals surface area (Å²) in [6.45, 7) is 3.77. The predicted molar refractivity (Wildman–Crippen MR) is 67.8 cm³/mol. The quantitative estimate of drug-likeness (QED) is 0.818. The van der Waals surface area contributed by atoms with Crippen molar-refractivity contribution in [2.24, 2.45) is 0 Å². The van der Waals surface area contributed by atoms with Crippen LogP contribution >= 0.6 is 0 Å². The highest BCUT2D eigenvalue weighted by atomic mass is 16.5. The third kappa shape index (κ3) is 3.80. The maximum Gasteiger partial charge on any atom is 0.0804 e. The fraction of sp³-hybridized carbons (Fsp3) is 0.571. The summed E-state index contributed by atoms with van der Waals surface area (Å²) in [5.41, 5.74) is 0.990. The Bertz CT molecular complexity index is 322. The highest BCUT2D eigenvalue weighted by Gasteiger charge is 2.19. The van der Waals surface area contributed by atoms with E-state index in [0.717, 1.165) is 31.6 Å². The molecular formula is C14H21NO2. The Labute approximate surface area is 103 Å². The molecule has 2 rings (SSSR count). The molecule has 1 aromatic rings. The molecule has 0 radical (unpaired) electrons. The van der Waals surface area contributed by atoms with Crippen LogP contribution < -0.4 is 5.32 Å². The molecule has 17 heavy (non-hydrogen) atoms. The zero-order chi connectivity index (χ0) is 12.1. The van der Waals surface area contributed by atoms with E-state index in [4.69, 9.17) is 4.74 Å². The summed E-state index contributed by atoms with van der Waals surface area (Å²) in [6.07, 6.45) is 1.42. The average Bonchev–Trinajstić information content (AvgIpc) is 2.82. The van der Waals surface area contributed by atoms with Crippen LogP contribution in [0.15, 0.2) is 30.3 Å². The number of rotatable bonds is 5. The number of ether oxygens (including phenoxy) is 1. The molecule has 0 spiro atoms. The van der Waals surface area contributed by atoms with Gasteiger partial charge < -0.3 is 15.2 Å². The molecule has 0 saturated carbocycles. The monoisotopic (exact) mass is 235 g/mol. The van der Waals surface area contributed by atoms with Crippen LogP contribution in [0.4, 0.5) is 0 Å². The van der Waals surface area contributed by atoms with Crippen LogP contribution in [0.2, 0.25) is 0 Å². The van der Waals surface area contributed by atoms with Crippen LogP contribution in [0.3, 0.4) is 0 Å². The summed E-state index contributed by atoms with van der Waals surface area (Å²) in [5, 5.41) is 13.6. The molecule has 3 nitrogen and oxygen atoms in total. The minimum atomic E-state index is -0.388. The van der Waals surface area contributed by atoms with Crippen LogP contribution in [0, 0.1) is 0 Å². The lowest BCUT2D eigenvalue weighted by Gasteiger charge is -2.21. The Morgan fingerprint density at radius 2 is 2.18 bits per heavy atom. The van der Waals surface area contributed by atoms with E-state index in [9.17, 15) is 5.11 Å². The van der Waals surface area contributed by atoms with Gasteiger partial charge in [0.15, 0.2) is 0 Å². The lowest BCUT2D eigenvalue weighted by Crippen LogP contribution is -2.37. The van der Waals surface area contributed by atoms with Crippen molar-refractivity contribution in [1.29, 1.82) is 0 Å². The number of aliphatic hydroxyl groups is 1. The van der Waals surface area contributed by atoms with Gasteiger partial charge in [-0.15, -0.1) is 0 Å². The molecule has 0 aliphatic carbocycles. The minimum absolute atomic E-state index is 0.303. The molecule has 1 fully saturated rings. The largest absolute Gasteiger partial charge is 0.388 e. The van der Waals surface area contributed by atoms with Crippen LogP contribution in [0.5, 0.6) is 0 Å². The minimum Gasteiger partial charge on any atom is -0.388 e.